The molecule has 0 aliphatic carbocycles. The van der Waals surface area contributed by atoms with Crippen LogP contribution in [0.1, 0.15) is 63.7 Å². The maximum Gasteiger partial charge on any atom is 0.329 e. The number of methoxy groups -OCH3 is 1. The first-order valence-corrected chi connectivity index (χ1v) is 14.3. The molecule has 1 rings (SSSR count). The largest absolute Gasteiger partial charge is 0.467 e. The average Bonchev–Trinajstić information content (AvgIpc) is 2.91. The quantitative estimate of drug-likeness (QED) is 0.149. The molecule has 39 heavy (non-hydrogen) atoms. The highest BCUT2D eigenvalue weighted by Crippen LogP contribution is 2.13. The summed E-state index contributed by atoms with van der Waals surface area (Å²) >= 11 is 1.51. The van der Waals surface area contributed by atoms with Gasteiger partial charge in [0.05, 0.1) is 20.2 Å². The number of ether oxygens (including phenoxy) is 1. The van der Waals surface area contributed by atoms with E-state index in [1.807, 2.05) is 0 Å². The Morgan fingerprint density at radius 2 is 1.46 bits per heavy atom. The fourth-order valence-corrected chi connectivity index (χ4v) is 4.37. The summed E-state index contributed by atoms with van der Waals surface area (Å²) in [6, 6.07) is 7.67. The first-order chi connectivity index (χ1) is 18.6. The Morgan fingerprint density at radius 1 is 0.846 bits per heavy atom. The molecule has 8 nitrogen and oxygen atoms in total. The van der Waals surface area contributed by atoms with Gasteiger partial charge in [-0.1, -0.05) is 53.1 Å². The number of nitrogens with one attached hydrogen (secondary N) is 3. The van der Waals surface area contributed by atoms with Crippen LogP contribution in [-0.2, 0) is 19.1 Å². The number of esters is 1. The van der Waals surface area contributed by atoms with Crippen LogP contribution in [0.5, 0.6) is 0 Å². The van der Waals surface area contributed by atoms with Crippen molar-refractivity contribution >= 4 is 35.5 Å². The van der Waals surface area contributed by atoms with Gasteiger partial charge in [-0.25, -0.2) is 4.79 Å². The van der Waals surface area contributed by atoms with Crippen LogP contribution in [0.2, 0.25) is 0 Å². The van der Waals surface area contributed by atoms with E-state index < -0.39 is 23.8 Å². The molecule has 0 aliphatic rings. The van der Waals surface area contributed by atoms with Crippen LogP contribution in [-0.4, -0.2) is 61.4 Å². The fourth-order valence-electron chi connectivity index (χ4n) is 3.38. The van der Waals surface area contributed by atoms with E-state index in [0.29, 0.717) is 17.1 Å². The maximum absolute atomic E-state index is 12.3. The number of carbonyl (C=O) groups excluding carboxylic acids is 4. The highest BCUT2D eigenvalue weighted by atomic mass is 32.2. The van der Waals surface area contributed by atoms with Crippen LogP contribution < -0.4 is 16.0 Å². The lowest BCUT2D eigenvalue weighted by atomic mass is 10.1. The zero-order chi connectivity index (χ0) is 29.0. The minimum absolute atomic E-state index is 0.270. The molecule has 0 heterocycles. The van der Waals surface area contributed by atoms with Gasteiger partial charge in [0.15, 0.2) is 0 Å². The van der Waals surface area contributed by atoms with E-state index in [2.05, 4.69) is 61.9 Å². The summed E-state index contributed by atoms with van der Waals surface area (Å²) in [5, 5.41) is 7.53. The van der Waals surface area contributed by atoms with Gasteiger partial charge in [0, 0.05) is 17.1 Å². The van der Waals surface area contributed by atoms with Gasteiger partial charge in [-0.05, 0) is 65.5 Å². The van der Waals surface area contributed by atoms with Gasteiger partial charge >= 0.3 is 5.97 Å². The zero-order valence-corrected chi connectivity index (χ0v) is 24.6. The van der Waals surface area contributed by atoms with Gasteiger partial charge in [0.1, 0.15) is 6.04 Å². The summed E-state index contributed by atoms with van der Waals surface area (Å²) in [6.07, 6.45) is 10.8. The second kappa shape index (κ2) is 19.7. The molecular formula is C30H43N3O5S. The third-order valence-corrected chi connectivity index (χ3v) is 6.64. The number of hydrogen-bond donors (Lipinski definition) is 3. The van der Waals surface area contributed by atoms with Crippen molar-refractivity contribution in [3.05, 3.63) is 70.8 Å². The number of benzene rings is 1. The third-order valence-electron chi connectivity index (χ3n) is 5.67. The van der Waals surface area contributed by atoms with Gasteiger partial charge in [-0.15, -0.1) is 0 Å². The normalized spacial score (nSPS) is 12.2. The average molecular weight is 558 g/mol. The second-order valence-electron chi connectivity index (χ2n) is 9.47. The molecule has 214 valence electrons. The van der Waals surface area contributed by atoms with Crippen LogP contribution in [0.3, 0.4) is 0 Å². The van der Waals surface area contributed by atoms with Gasteiger partial charge in [0.25, 0.3) is 5.91 Å². The lowest BCUT2D eigenvalue weighted by Gasteiger charge is -2.16. The molecule has 3 N–H and O–H groups in total. The summed E-state index contributed by atoms with van der Waals surface area (Å²) in [7, 11) is 1.27. The number of carbonyl (C=O) groups is 4. The Bertz CT molecular complexity index is 1030. The topological polar surface area (TPSA) is 114 Å². The maximum atomic E-state index is 12.3. The number of allylic oxidation sites excluding steroid dienone is 5. The van der Waals surface area contributed by atoms with Gasteiger partial charge in [-0.3, -0.25) is 14.4 Å². The highest BCUT2D eigenvalue weighted by Gasteiger charge is 2.21. The van der Waals surface area contributed by atoms with Crippen molar-refractivity contribution < 1.29 is 23.9 Å². The van der Waals surface area contributed by atoms with Crippen molar-refractivity contribution in [2.45, 2.75) is 59.4 Å². The Labute approximate surface area is 237 Å². The highest BCUT2D eigenvalue weighted by molar-refractivity contribution is 7.99. The van der Waals surface area contributed by atoms with E-state index in [-0.39, 0.29) is 19.0 Å². The number of hydrogen-bond acceptors (Lipinski definition) is 6. The van der Waals surface area contributed by atoms with Crippen molar-refractivity contribution in [2.75, 3.05) is 31.7 Å². The van der Waals surface area contributed by atoms with Gasteiger partial charge < -0.3 is 20.7 Å². The van der Waals surface area contributed by atoms with Crippen LogP contribution in [0, 0.1) is 0 Å². The standard InChI is InChI=1S/C30H43N3O5S/c1-22(2)11-9-12-23(3)13-10-14-24(4)17-18-39-21-26(30(37)38-5)33-28(35)20-31-27(34)19-32-29(36)25-15-7-6-8-16-25/h6-8,11,13,15-17,26H,9-10,12,14,18-21H2,1-5H3,(H,31,34)(H,32,36)(H,33,35)/t26-/m0/s1. The minimum atomic E-state index is -0.831. The molecule has 1 aromatic rings. The van der Waals surface area contributed by atoms with Crippen LogP contribution in [0.4, 0.5) is 0 Å². The van der Waals surface area contributed by atoms with Crippen molar-refractivity contribution in [1.82, 2.24) is 16.0 Å². The predicted molar refractivity (Wildman–Crippen MR) is 158 cm³/mol. The third kappa shape index (κ3) is 16.3. The van der Waals surface area contributed by atoms with E-state index in [1.165, 1.54) is 35.6 Å². The molecule has 3 amide bonds. The molecule has 0 aliphatic heterocycles. The van der Waals surface area contributed by atoms with Crippen LogP contribution in [0.15, 0.2) is 65.3 Å². The SMILES string of the molecule is COC(=O)[C@H](CSCC=C(C)CCC=C(C)CCC=C(C)C)NC(=O)CNC(=O)CNC(=O)c1ccccc1. The Hall–Kier alpha value is -3.33. The van der Waals surface area contributed by atoms with E-state index >= 15 is 0 Å². The summed E-state index contributed by atoms with van der Waals surface area (Å²) in [5.41, 5.74) is 4.46. The van der Waals surface area contributed by atoms with Gasteiger partial charge in [-0.2, -0.15) is 11.8 Å². The second-order valence-corrected chi connectivity index (χ2v) is 10.5. The van der Waals surface area contributed by atoms with Gasteiger partial charge in [0.2, 0.25) is 11.8 Å². The van der Waals surface area contributed by atoms with Crippen molar-refractivity contribution in [3.63, 3.8) is 0 Å². The molecule has 0 aromatic heterocycles. The summed E-state index contributed by atoms with van der Waals surface area (Å²) in [6.45, 7) is 7.91. The fraction of sp³-hybridized carbons (Fsp3) is 0.467. The van der Waals surface area contributed by atoms with Crippen molar-refractivity contribution in [2.24, 2.45) is 0 Å². The first kappa shape index (κ1) is 33.7. The smallest absolute Gasteiger partial charge is 0.329 e. The summed E-state index contributed by atoms with van der Waals surface area (Å²) in [4.78, 5) is 48.4. The summed E-state index contributed by atoms with van der Waals surface area (Å²) < 4.78 is 4.81. The molecule has 1 atom stereocenters. The molecule has 0 unspecified atom stereocenters. The Morgan fingerprint density at radius 3 is 2.10 bits per heavy atom. The van der Waals surface area contributed by atoms with E-state index in [4.69, 9.17) is 4.74 Å². The molecule has 0 spiro atoms. The van der Waals surface area contributed by atoms with E-state index in [1.54, 1.807) is 30.3 Å². The monoisotopic (exact) mass is 557 g/mol. The van der Waals surface area contributed by atoms with Crippen LogP contribution >= 0.6 is 11.8 Å². The zero-order valence-electron chi connectivity index (χ0n) is 23.8. The number of thioether (sulfide) groups is 1. The Kier molecular flexibility index (Phi) is 17.0. The minimum Gasteiger partial charge on any atom is -0.467 e. The number of rotatable bonds is 17. The number of amides is 3. The van der Waals surface area contributed by atoms with E-state index in [0.717, 1.165) is 25.7 Å². The molecule has 0 bridgehead atoms. The lowest BCUT2D eigenvalue weighted by molar-refractivity contribution is -0.144. The molecule has 0 saturated heterocycles. The molecule has 9 heteroatoms. The molecule has 1 aromatic carbocycles. The molecular weight excluding hydrogens is 514 g/mol. The van der Waals surface area contributed by atoms with Crippen molar-refractivity contribution in [1.29, 1.82) is 0 Å². The van der Waals surface area contributed by atoms with E-state index in [9.17, 15) is 19.2 Å². The first-order valence-electron chi connectivity index (χ1n) is 13.1. The predicted octanol–water partition coefficient (Wildman–Crippen LogP) is 4.34. The summed E-state index contributed by atoms with van der Waals surface area (Å²) in [5.74, 6) is -0.928. The van der Waals surface area contributed by atoms with Crippen molar-refractivity contribution in [3.8, 4) is 0 Å². The lowest BCUT2D eigenvalue weighted by Crippen LogP contribution is -2.48. The van der Waals surface area contributed by atoms with Crippen LogP contribution in [0.25, 0.3) is 0 Å². The molecule has 0 fully saturated rings. The molecule has 0 saturated carbocycles. The Balaban J connectivity index is 2.36. The molecule has 0 radical (unpaired) electrons.